The van der Waals surface area contributed by atoms with Gasteiger partial charge < -0.3 is 14.9 Å². The standard InChI is InChI=1S/C17H22N4O2S/c22-13-9-20(15(23)4-3-12-1-2-12)6-7-21(10-13)17-16-14(5-8-24-16)18-11-19-17/h5,8,11-13,22H,1-4,6-7,9-10H2/t13-/m0/s1. The minimum absolute atomic E-state index is 0.173. The maximum absolute atomic E-state index is 12.4. The predicted molar refractivity (Wildman–Crippen MR) is 94.2 cm³/mol. The number of β-amino-alcohol motifs (C(OH)–C–C–N with tert-alkyl or cyclic N) is 1. The summed E-state index contributed by atoms with van der Waals surface area (Å²) in [5.74, 6) is 1.79. The Morgan fingerprint density at radius 3 is 3.00 bits per heavy atom. The molecule has 2 aromatic heterocycles. The number of aliphatic hydroxyl groups is 1. The minimum atomic E-state index is -0.553. The average molecular weight is 346 g/mol. The Morgan fingerprint density at radius 1 is 1.29 bits per heavy atom. The van der Waals surface area contributed by atoms with Gasteiger partial charge in [0.2, 0.25) is 5.91 Å². The lowest BCUT2D eigenvalue weighted by molar-refractivity contribution is -0.132. The lowest BCUT2D eigenvalue weighted by Gasteiger charge is -2.23. The number of thiophene rings is 1. The van der Waals surface area contributed by atoms with Crippen LogP contribution in [0, 0.1) is 5.92 Å². The summed E-state index contributed by atoms with van der Waals surface area (Å²) in [6.45, 7) is 2.24. The molecule has 2 fully saturated rings. The Balaban J connectivity index is 1.47. The third-order valence-corrected chi connectivity index (χ3v) is 5.74. The summed E-state index contributed by atoms with van der Waals surface area (Å²) in [5.41, 5.74) is 0.932. The van der Waals surface area contributed by atoms with Crippen LogP contribution in [0.4, 0.5) is 5.82 Å². The molecule has 0 spiro atoms. The number of carbonyl (C=O) groups excluding carboxylic acids is 1. The summed E-state index contributed by atoms with van der Waals surface area (Å²) in [6.07, 6.45) is 5.17. The summed E-state index contributed by atoms with van der Waals surface area (Å²) in [7, 11) is 0. The molecule has 24 heavy (non-hydrogen) atoms. The molecule has 2 aromatic rings. The Labute approximate surface area is 145 Å². The van der Waals surface area contributed by atoms with Crippen molar-refractivity contribution in [2.75, 3.05) is 31.1 Å². The van der Waals surface area contributed by atoms with E-state index >= 15 is 0 Å². The Bertz CT molecular complexity index is 730. The highest BCUT2D eigenvalue weighted by molar-refractivity contribution is 7.17. The molecule has 2 aliphatic rings. The number of amides is 1. The normalized spacial score (nSPS) is 22.0. The highest BCUT2D eigenvalue weighted by Gasteiger charge is 2.28. The van der Waals surface area contributed by atoms with Crippen LogP contribution in [0.3, 0.4) is 0 Å². The second kappa shape index (κ2) is 6.64. The van der Waals surface area contributed by atoms with E-state index in [1.807, 2.05) is 16.3 Å². The lowest BCUT2D eigenvalue weighted by atomic mass is 10.2. The second-order valence-electron chi connectivity index (χ2n) is 6.75. The number of carbonyl (C=O) groups is 1. The number of fused-ring (bicyclic) bond motifs is 1. The quantitative estimate of drug-likeness (QED) is 0.915. The maximum atomic E-state index is 12.4. The first-order valence-electron chi connectivity index (χ1n) is 8.59. The molecule has 1 N–H and O–H groups in total. The summed E-state index contributed by atoms with van der Waals surface area (Å²) in [4.78, 5) is 25.0. The monoisotopic (exact) mass is 346 g/mol. The topological polar surface area (TPSA) is 69.6 Å². The molecule has 1 aliphatic carbocycles. The molecule has 1 saturated carbocycles. The molecular formula is C17H22N4O2S. The van der Waals surface area contributed by atoms with Crippen LogP contribution in [0.1, 0.15) is 25.7 Å². The average Bonchev–Trinajstić information content (AvgIpc) is 3.32. The predicted octanol–water partition coefficient (Wildman–Crippen LogP) is 1.89. The first-order valence-corrected chi connectivity index (χ1v) is 9.47. The van der Waals surface area contributed by atoms with E-state index in [-0.39, 0.29) is 5.91 Å². The van der Waals surface area contributed by atoms with Crippen LogP contribution >= 0.6 is 11.3 Å². The SMILES string of the molecule is O=C(CCC1CC1)N1CCN(c2ncnc3ccsc23)C[C@@H](O)C1. The molecule has 3 heterocycles. The van der Waals surface area contributed by atoms with E-state index in [1.54, 1.807) is 17.7 Å². The number of hydrogen-bond donors (Lipinski definition) is 1. The maximum Gasteiger partial charge on any atom is 0.222 e. The fraction of sp³-hybridized carbons (Fsp3) is 0.588. The van der Waals surface area contributed by atoms with Crippen LogP contribution < -0.4 is 4.90 Å². The summed E-state index contributed by atoms with van der Waals surface area (Å²) in [6, 6.07) is 1.98. The molecule has 6 nitrogen and oxygen atoms in total. The zero-order valence-electron chi connectivity index (χ0n) is 13.6. The molecule has 0 bridgehead atoms. The molecule has 1 atom stereocenters. The van der Waals surface area contributed by atoms with Gasteiger partial charge >= 0.3 is 0 Å². The molecule has 0 unspecified atom stereocenters. The molecule has 1 aliphatic heterocycles. The Kier molecular flexibility index (Phi) is 4.37. The minimum Gasteiger partial charge on any atom is -0.389 e. The third-order valence-electron chi connectivity index (χ3n) is 4.84. The van der Waals surface area contributed by atoms with Crippen molar-refractivity contribution in [3.05, 3.63) is 17.8 Å². The van der Waals surface area contributed by atoms with Gasteiger partial charge in [-0.25, -0.2) is 9.97 Å². The number of aromatic nitrogens is 2. The van der Waals surface area contributed by atoms with Gasteiger partial charge in [-0.15, -0.1) is 11.3 Å². The van der Waals surface area contributed by atoms with E-state index in [9.17, 15) is 9.90 Å². The molecule has 4 rings (SSSR count). The van der Waals surface area contributed by atoms with Crippen molar-refractivity contribution in [3.8, 4) is 0 Å². The van der Waals surface area contributed by atoms with Gasteiger partial charge in [-0.3, -0.25) is 4.79 Å². The Hall–Kier alpha value is -1.73. The first-order chi connectivity index (χ1) is 11.7. The van der Waals surface area contributed by atoms with Crippen LogP contribution in [-0.4, -0.2) is 58.2 Å². The van der Waals surface area contributed by atoms with Crippen LogP contribution in [-0.2, 0) is 4.79 Å². The smallest absolute Gasteiger partial charge is 0.222 e. The first kappa shape index (κ1) is 15.8. The fourth-order valence-corrected chi connectivity index (χ4v) is 4.16. The molecule has 0 aromatic carbocycles. The molecule has 1 amide bonds. The van der Waals surface area contributed by atoms with E-state index in [4.69, 9.17) is 0 Å². The Morgan fingerprint density at radius 2 is 2.17 bits per heavy atom. The molecule has 0 radical (unpaired) electrons. The van der Waals surface area contributed by atoms with Crippen molar-refractivity contribution in [1.82, 2.24) is 14.9 Å². The van der Waals surface area contributed by atoms with E-state index in [1.165, 1.54) is 12.8 Å². The van der Waals surface area contributed by atoms with Crippen LogP contribution in [0.5, 0.6) is 0 Å². The largest absolute Gasteiger partial charge is 0.389 e. The lowest BCUT2D eigenvalue weighted by Crippen LogP contribution is -2.37. The molecule has 7 heteroatoms. The summed E-state index contributed by atoms with van der Waals surface area (Å²) in [5, 5.41) is 12.4. The van der Waals surface area contributed by atoms with Crippen LogP contribution in [0.2, 0.25) is 0 Å². The molecule has 1 saturated heterocycles. The van der Waals surface area contributed by atoms with Gasteiger partial charge in [-0.1, -0.05) is 12.8 Å². The van der Waals surface area contributed by atoms with Crippen molar-refractivity contribution in [3.63, 3.8) is 0 Å². The molecule has 128 valence electrons. The number of anilines is 1. The van der Waals surface area contributed by atoms with E-state index < -0.39 is 6.10 Å². The zero-order valence-corrected chi connectivity index (χ0v) is 14.4. The van der Waals surface area contributed by atoms with Crippen molar-refractivity contribution in [1.29, 1.82) is 0 Å². The highest BCUT2D eigenvalue weighted by Crippen LogP contribution is 2.33. The van der Waals surface area contributed by atoms with Gasteiger partial charge in [0.25, 0.3) is 0 Å². The fourth-order valence-electron chi connectivity index (χ4n) is 3.30. The van der Waals surface area contributed by atoms with E-state index in [2.05, 4.69) is 14.9 Å². The van der Waals surface area contributed by atoms with Crippen molar-refractivity contribution in [2.24, 2.45) is 5.92 Å². The third kappa shape index (κ3) is 3.37. The van der Waals surface area contributed by atoms with Gasteiger partial charge in [0.15, 0.2) is 0 Å². The van der Waals surface area contributed by atoms with Gasteiger partial charge in [-0.05, 0) is 23.8 Å². The van der Waals surface area contributed by atoms with Crippen LogP contribution in [0.15, 0.2) is 17.8 Å². The number of rotatable bonds is 4. The van der Waals surface area contributed by atoms with Gasteiger partial charge in [0, 0.05) is 32.6 Å². The number of nitrogens with zero attached hydrogens (tertiary/aromatic N) is 4. The number of hydrogen-bond acceptors (Lipinski definition) is 6. The van der Waals surface area contributed by atoms with Crippen molar-refractivity contribution < 1.29 is 9.90 Å². The van der Waals surface area contributed by atoms with Gasteiger partial charge in [-0.2, -0.15) is 0 Å². The summed E-state index contributed by atoms with van der Waals surface area (Å²) < 4.78 is 1.04. The highest BCUT2D eigenvalue weighted by atomic mass is 32.1. The summed E-state index contributed by atoms with van der Waals surface area (Å²) >= 11 is 1.61. The molecular weight excluding hydrogens is 324 g/mol. The van der Waals surface area contributed by atoms with Crippen molar-refractivity contribution >= 4 is 33.3 Å². The number of aliphatic hydroxyl groups excluding tert-OH is 1. The second-order valence-corrected chi connectivity index (χ2v) is 7.67. The van der Waals surface area contributed by atoms with Gasteiger partial charge in [0.05, 0.1) is 16.3 Å². The zero-order chi connectivity index (χ0) is 16.5. The van der Waals surface area contributed by atoms with E-state index in [0.29, 0.717) is 32.6 Å². The van der Waals surface area contributed by atoms with Gasteiger partial charge in [0.1, 0.15) is 12.1 Å². The van der Waals surface area contributed by atoms with E-state index in [0.717, 1.165) is 28.4 Å². The van der Waals surface area contributed by atoms with Crippen LogP contribution in [0.25, 0.3) is 10.2 Å². The van der Waals surface area contributed by atoms with Crippen molar-refractivity contribution in [2.45, 2.75) is 31.8 Å².